The second kappa shape index (κ2) is 5.22. The molecule has 0 bridgehead atoms. The molecule has 0 fully saturated rings. The molecule has 0 radical (unpaired) electrons. The summed E-state index contributed by atoms with van der Waals surface area (Å²) in [6.07, 6.45) is 1.45. The lowest BCUT2D eigenvalue weighted by atomic mass is 10.2. The average molecular weight is 313 g/mol. The van der Waals surface area contributed by atoms with Gasteiger partial charge in [-0.25, -0.2) is 13.8 Å². The number of hydrogen-bond donors (Lipinski definition) is 1. The zero-order valence-electron chi connectivity index (χ0n) is 8.95. The van der Waals surface area contributed by atoms with E-state index in [-0.39, 0.29) is 11.4 Å². The minimum absolute atomic E-state index is 0.0371. The highest BCUT2D eigenvalue weighted by Gasteiger charge is 2.12. The molecule has 0 aliphatic rings. The molecule has 2 aromatic rings. The smallest absolute Gasteiger partial charge is 0.275 e. The Labute approximate surface area is 110 Å². The van der Waals surface area contributed by atoms with Crippen LogP contribution in [0.1, 0.15) is 10.5 Å². The molecule has 1 heterocycles. The third-order valence-corrected chi connectivity index (χ3v) is 2.73. The number of amides is 1. The normalized spacial score (nSPS) is 10.2. The van der Waals surface area contributed by atoms with Crippen molar-refractivity contribution in [1.82, 2.24) is 4.98 Å². The molecule has 3 nitrogen and oxygen atoms in total. The van der Waals surface area contributed by atoms with Crippen LogP contribution >= 0.6 is 15.9 Å². The minimum atomic E-state index is -0.759. The maximum absolute atomic E-state index is 12.9. The van der Waals surface area contributed by atoms with Gasteiger partial charge in [-0.2, -0.15) is 0 Å². The zero-order valence-corrected chi connectivity index (χ0v) is 10.5. The number of nitrogens with one attached hydrogen (secondary N) is 1. The van der Waals surface area contributed by atoms with Gasteiger partial charge in [0.1, 0.15) is 17.3 Å². The lowest BCUT2D eigenvalue weighted by molar-refractivity contribution is 0.102. The number of benzene rings is 1. The van der Waals surface area contributed by atoms with Crippen LogP contribution in [-0.2, 0) is 0 Å². The third-order valence-electron chi connectivity index (χ3n) is 2.09. The van der Waals surface area contributed by atoms with Crippen molar-refractivity contribution in [2.24, 2.45) is 0 Å². The molecule has 0 spiro atoms. The molecule has 0 aliphatic carbocycles. The molecule has 92 valence electrons. The molecule has 1 aromatic carbocycles. The number of aromatic nitrogens is 1. The summed E-state index contributed by atoms with van der Waals surface area (Å²) in [4.78, 5) is 15.7. The molecule has 0 aliphatic heterocycles. The molecule has 6 heteroatoms. The van der Waals surface area contributed by atoms with E-state index in [1.807, 2.05) is 0 Å². The van der Waals surface area contributed by atoms with Crippen molar-refractivity contribution < 1.29 is 13.6 Å². The zero-order chi connectivity index (χ0) is 13.1. The second-order valence-electron chi connectivity index (χ2n) is 3.45. The Bertz CT molecular complexity index is 584. The number of pyridine rings is 1. The number of halogens is 3. The Hall–Kier alpha value is -1.82. The van der Waals surface area contributed by atoms with Crippen LogP contribution < -0.4 is 5.32 Å². The van der Waals surface area contributed by atoms with Crippen LogP contribution in [0.4, 0.5) is 14.5 Å². The summed E-state index contributed by atoms with van der Waals surface area (Å²) in [7, 11) is 0. The van der Waals surface area contributed by atoms with Gasteiger partial charge in [-0.15, -0.1) is 0 Å². The van der Waals surface area contributed by atoms with Crippen molar-refractivity contribution in [1.29, 1.82) is 0 Å². The standard InChI is InChI=1S/C12H7BrF2N2O/c13-10-2-1-3-16-11(10)12(18)17-9-5-7(14)4-8(15)6-9/h1-6H,(H,17,18). The molecule has 0 unspecified atom stereocenters. The first-order chi connectivity index (χ1) is 8.56. The van der Waals surface area contributed by atoms with Crippen molar-refractivity contribution in [2.45, 2.75) is 0 Å². The lowest BCUT2D eigenvalue weighted by Gasteiger charge is -2.06. The van der Waals surface area contributed by atoms with Gasteiger partial charge in [0.05, 0.1) is 0 Å². The second-order valence-corrected chi connectivity index (χ2v) is 4.30. The minimum Gasteiger partial charge on any atom is -0.320 e. The van der Waals surface area contributed by atoms with Crippen LogP contribution in [0.3, 0.4) is 0 Å². The summed E-state index contributed by atoms with van der Waals surface area (Å²) >= 11 is 3.17. The summed E-state index contributed by atoms with van der Waals surface area (Å²) < 4.78 is 26.4. The van der Waals surface area contributed by atoms with Gasteiger partial charge in [-0.05, 0) is 40.2 Å². The van der Waals surface area contributed by atoms with Crippen molar-refractivity contribution in [3.8, 4) is 0 Å². The van der Waals surface area contributed by atoms with Crippen molar-refractivity contribution >= 4 is 27.5 Å². The van der Waals surface area contributed by atoms with E-state index in [2.05, 4.69) is 26.2 Å². The number of anilines is 1. The maximum Gasteiger partial charge on any atom is 0.275 e. The van der Waals surface area contributed by atoms with Crippen LogP contribution in [0.25, 0.3) is 0 Å². The number of carbonyl (C=O) groups excluding carboxylic acids is 1. The van der Waals surface area contributed by atoms with E-state index in [0.717, 1.165) is 18.2 Å². The summed E-state index contributed by atoms with van der Waals surface area (Å²) in [6.45, 7) is 0. The molecule has 1 amide bonds. The van der Waals surface area contributed by atoms with E-state index in [0.29, 0.717) is 4.47 Å². The van der Waals surface area contributed by atoms with Crippen LogP contribution in [-0.4, -0.2) is 10.9 Å². The van der Waals surface area contributed by atoms with Gasteiger partial charge in [0.2, 0.25) is 0 Å². The SMILES string of the molecule is O=C(Nc1cc(F)cc(F)c1)c1ncccc1Br. The van der Waals surface area contributed by atoms with Gasteiger partial charge in [0, 0.05) is 22.4 Å². The fraction of sp³-hybridized carbons (Fsp3) is 0. The molecule has 2 rings (SSSR count). The van der Waals surface area contributed by atoms with Gasteiger partial charge >= 0.3 is 0 Å². The van der Waals surface area contributed by atoms with Crippen LogP contribution in [0.5, 0.6) is 0 Å². The molecule has 0 atom stereocenters. The highest BCUT2D eigenvalue weighted by atomic mass is 79.9. The molecule has 0 saturated carbocycles. The topological polar surface area (TPSA) is 42.0 Å². The molecular weight excluding hydrogens is 306 g/mol. The van der Waals surface area contributed by atoms with Crippen LogP contribution in [0.2, 0.25) is 0 Å². The molecule has 18 heavy (non-hydrogen) atoms. The Morgan fingerprint density at radius 1 is 1.22 bits per heavy atom. The van der Waals surface area contributed by atoms with Gasteiger partial charge in [-0.3, -0.25) is 4.79 Å². The first-order valence-electron chi connectivity index (χ1n) is 4.94. The summed E-state index contributed by atoms with van der Waals surface area (Å²) in [5.41, 5.74) is 0.178. The largest absolute Gasteiger partial charge is 0.320 e. The Morgan fingerprint density at radius 3 is 2.50 bits per heavy atom. The van der Waals surface area contributed by atoms with E-state index in [9.17, 15) is 13.6 Å². The number of hydrogen-bond acceptors (Lipinski definition) is 2. The molecule has 0 saturated heterocycles. The monoisotopic (exact) mass is 312 g/mol. The Balaban J connectivity index is 2.24. The lowest BCUT2D eigenvalue weighted by Crippen LogP contribution is -2.14. The van der Waals surface area contributed by atoms with Gasteiger partial charge in [-0.1, -0.05) is 0 Å². The van der Waals surface area contributed by atoms with Gasteiger partial charge in [0.15, 0.2) is 0 Å². The highest BCUT2D eigenvalue weighted by molar-refractivity contribution is 9.10. The van der Waals surface area contributed by atoms with E-state index >= 15 is 0 Å². The van der Waals surface area contributed by atoms with E-state index in [4.69, 9.17) is 0 Å². The molecular formula is C12H7BrF2N2O. The van der Waals surface area contributed by atoms with Crippen molar-refractivity contribution in [3.05, 3.63) is 58.3 Å². The highest BCUT2D eigenvalue weighted by Crippen LogP contribution is 2.17. The van der Waals surface area contributed by atoms with E-state index in [1.54, 1.807) is 12.1 Å². The molecule has 1 N–H and O–H groups in total. The quantitative estimate of drug-likeness (QED) is 0.923. The predicted octanol–water partition coefficient (Wildman–Crippen LogP) is 3.37. The van der Waals surface area contributed by atoms with Crippen LogP contribution in [0.15, 0.2) is 41.0 Å². The van der Waals surface area contributed by atoms with E-state index in [1.165, 1.54) is 6.20 Å². The van der Waals surface area contributed by atoms with Crippen molar-refractivity contribution in [3.63, 3.8) is 0 Å². The summed E-state index contributed by atoms with van der Waals surface area (Å²) in [5.74, 6) is -2.07. The van der Waals surface area contributed by atoms with Crippen LogP contribution in [0, 0.1) is 11.6 Å². The third kappa shape index (κ3) is 2.89. The Kier molecular flexibility index (Phi) is 3.66. The van der Waals surface area contributed by atoms with Gasteiger partial charge in [0.25, 0.3) is 5.91 Å². The molecule has 1 aromatic heterocycles. The van der Waals surface area contributed by atoms with Gasteiger partial charge < -0.3 is 5.32 Å². The maximum atomic E-state index is 12.9. The summed E-state index contributed by atoms with van der Waals surface area (Å²) in [5, 5.41) is 2.37. The summed E-state index contributed by atoms with van der Waals surface area (Å²) in [6, 6.07) is 6.08. The average Bonchev–Trinajstić information content (AvgIpc) is 2.27. The first kappa shape index (κ1) is 12.6. The first-order valence-corrected chi connectivity index (χ1v) is 5.73. The number of rotatable bonds is 2. The fourth-order valence-corrected chi connectivity index (χ4v) is 1.80. The number of carbonyl (C=O) groups is 1. The Morgan fingerprint density at radius 2 is 1.89 bits per heavy atom. The predicted molar refractivity (Wildman–Crippen MR) is 66.2 cm³/mol. The number of nitrogens with zero attached hydrogens (tertiary/aromatic N) is 1. The fourth-order valence-electron chi connectivity index (χ4n) is 1.37. The van der Waals surface area contributed by atoms with E-state index < -0.39 is 17.5 Å². The van der Waals surface area contributed by atoms with Crippen molar-refractivity contribution in [2.75, 3.05) is 5.32 Å².